The summed E-state index contributed by atoms with van der Waals surface area (Å²) in [6.07, 6.45) is 4.10. The third-order valence-corrected chi connectivity index (χ3v) is 3.53. The molecule has 3 heterocycles. The molecule has 0 aliphatic rings. The predicted molar refractivity (Wildman–Crippen MR) is 70.6 cm³/mol. The number of aromatic nitrogens is 5. The van der Waals surface area contributed by atoms with E-state index in [0.717, 1.165) is 34.8 Å². The van der Waals surface area contributed by atoms with E-state index in [1.807, 2.05) is 23.1 Å². The van der Waals surface area contributed by atoms with Gasteiger partial charge in [-0.05, 0) is 11.4 Å². The summed E-state index contributed by atoms with van der Waals surface area (Å²) < 4.78 is 1.92. The summed E-state index contributed by atoms with van der Waals surface area (Å²) in [5, 5.41) is 14.3. The van der Waals surface area contributed by atoms with Gasteiger partial charge in [-0.3, -0.25) is 0 Å². The highest BCUT2D eigenvalue weighted by atomic mass is 32.1. The fraction of sp³-hybridized carbons (Fsp3) is 0.273. The second-order valence-electron chi connectivity index (χ2n) is 3.90. The molecule has 0 saturated carbocycles. The van der Waals surface area contributed by atoms with E-state index in [2.05, 4.69) is 25.5 Å². The van der Waals surface area contributed by atoms with Gasteiger partial charge in [-0.2, -0.15) is 0 Å². The predicted octanol–water partition coefficient (Wildman–Crippen LogP) is 1.47. The largest absolute Gasteiger partial charge is 0.369 e. The molecule has 6 nitrogen and oxygen atoms in total. The zero-order valence-electron chi connectivity index (χ0n) is 9.87. The highest BCUT2D eigenvalue weighted by molar-refractivity contribution is 7.16. The Labute approximate surface area is 108 Å². The van der Waals surface area contributed by atoms with E-state index in [1.54, 1.807) is 24.0 Å². The van der Waals surface area contributed by atoms with Gasteiger partial charge in [0.1, 0.15) is 29.1 Å². The minimum atomic E-state index is 0.772. The normalized spacial score (nSPS) is 10.9. The van der Waals surface area contributed by atoms with E-state index in [-0.39, 0.29) is 0 Å². The minimum absolute atomic E-state index is 0.772. The van der Waals surface area contributed by atoms with Crippen LogP contribution in [-0.4, -0.2) is 31.3 Å². The van der Waals surface area contributed by atoms with Gasteiger partial charge in [0.05, 0.1) is 5.39 Å². The molecule has 0 radical (unpaired) electrons. The number of hydrogen-bond acceptors (Lipinski definition) is 6. The molecule has 0 atom stereocenters. The van der Waals surface area contributed by atoms with Crippen molar-refractivity contribution in [3.05, 3.63) is 29.9 Å². The molecule has 1 N–H and O–H groups in total. The zero-order valence-corrected chi connectivity index (χ0v) is 10.7. The number of fused-ring (bicyclic) bond motifs is 1. The number of rotatable bonds is 4. The molecule has 3 aromatic rings. The SMILES string of the molecule is Cn1cnnc1CCNc1ncnc2sccc12. The summed E-state index contributed by atoms with van der Waals surface area (Å²) in [5.41, 5.74) is 0. The van der Waals surface area contributed by atoms with E-state index < -0.39 is 0 Å². The first-order valence-electron chi connectivity index (χ1n) is 5.59. The molecular formula is C11H12N6S. The number of aryl methyl sites for hydroxylation is 1. The van der Waals surface area contributed by atoms with Gasteiger partial charge >= 0.3 is 0 Å². The molecule has 3 rings (SSSR count). The van der Waals surface area contributed by atoms with Crippen LogP contribution in [-0.2, 0) is 13.5 Å². The molecule has 0 fully saturated rings. The maximum Gasteiger partial charge on any atom is 0.138 e. The van der Waals surface area contributed by atoms with Gasteiger partial charge in [-0.15, -0.1) is 21.5 Å². The Morgan fingerprint density at radius 3 is 3.17 bits per heavy atom. The highest BCUT2D eigenvalue weighted by Crippen LogP contribution is 2.23. The maximum atomic E-state index is 4.26. The van der Waals surface area contributed by atoms with Crippen molar-refractivity contribution >= 4 is 27.4 Å². The smallest absolute Gasteiger partial charge is 0.138 e. The summed E-state index contributed by atoms with van der Waals surface area (Å²) in [5.74, 6) is 1.83. The van der Waals surface area contributed by atoms with Crippen molar-refractivity contribution in [1.82, 2.24) is 24.7 Å². The molecule has 0 aromatic carbocycles. The number of anilines is 1. The van der Waals surface area contributed by atoms with Gasteiger partial charge in [0, 0.05) is 20.0 Å². The summed E-state index contributed by atoms with van der Waals surface area (Å²) in [4.78, 5) is 9.48. The fourth-order valence-corrected chi connectivity index (χ4v) is 2.49. The third kappa shape index (κ3) is 2.04. The molecule has 92 valence electrons. The Bertz CT molecular complexity index is 658. The van der Waals surface area contributed by atoms with Crippen molar-refractivity contribution in [2.75, 3.05) is 11.9 Å². The van der Waals surface area contributed by atoms with Gasteiger partial charge in [0.2, 0.25) is 0 Å². The van der Waals surface area contributed by atoms with Crippen LogP contribution in [0.1, 0.15) is 5.82 Å². The van der Waals surface area contributed by atoms with Gasteiger partial charge in [-0.1, -0.05) is 0 Å². The molecule has 18 heavy (non-hydrogen) atoms. The Kier molecular flexibility index (Phi) is 2.89. The quantitative estimate of drug-likeness (QED) is 0.769. The Balaban J connectivity index is 1.70. The van der Waals surface area contributed by atoms with Gasteiger partial charge < -0.3 is 9.88 Å². The fourth-order valence-electron chi connectivity index (χ4n) is 1.76. The molecule has 0 spiro atoms. The Morgan fingerprint density at radius 1 is 1.39 bits per heavy atom. The van der Waals surface area contributed by atoms with Crippen LogP contribution in [0.3, 0.4) is 0 Å². The van der Waals surface area contributed by atoms with Crippen molar-refractivity contribution in [2.45, 2.75) is 6.42 Å². The standard InChI is InChI=1S/C11H12N6S/c1-17-7-15-16-9(17)2-4-12-10-8-3-5-18-11(8)14-6-13-10/h3,5-7H,2,4H2,1H3,(H,12,13,14). The van der Waals surface area contributed by atoms with Gasteiger partial charge in [0.15, 0.2) is 0 Å². The molecule has 3 aromatic heterocycles. The van der Waals surface area contributed by atoms with Crippen LogP contribution in [0, 0.1) is 0 Å². The summed E-state index contributed by atoms with van der Waals surface area (Å²) in [6, 6.07) is 2.03. The van der Waals surface area contributed by atoms with E-state index in [0.29, 0.717) is 0 Å². The summed E-state index contributed by atoms with van der Waals surface area (Å²) in [7, 11) is 1.94. The van der Waals surface area contributed by atoms with Crippen molar-refractivity contribution in [3.63, 3.8) is 0 Å². The lowest BCUT2D eigenvalue weighted by atomic mass is 10.3. The van der Waals surface area contributed by atoms with E-state index in [9.17, 15) is 0 Å². The molecule has 0 unspecified atom stereocenters. The number of nitrogens with zero attached hydrogens (tertiary/aromatic N) is 5. The van der Waals surface area contributed by atoms with Crippen LogP contribution in [0.2, 0.25) is 0 Å². The number of hydrogen-bond donors (Lipinski definition) is 1. The van der Waals surface area contributed by atoms with Crippen molar-refractivity contribution < 1.29 is 0 Å². The lowest BCUT2D eigenvalue weighted by Crippen LogP contribution is -2.09. The Hall–Kier alpha value is -2.02. The molecule has 7 heteroatoms. The van der Waals surface area contributed by atoms with Gasteiger partial charge in [0.25, 0.3) is 0 Å². The van der Waals surface area contributed by atoms with Crippen LogP contribution >= 0.6 is 11.3 Å². The zero-order chi connectivity index (χ0) is 12.4. The maximum absolute atomic E-state index is 4.26. The summed E-state index contributed by atoms with van der Waals surface area (Å²) >= 11 is 1.62. The van der Waals surface area contributed by atoms with Crippen molar-refractivity contribution in [3.8, 4) is 0 Å². The molecular weight excluding hydrogens is 248 g/mol. The lowest BCUT2D eigenvalue weighted by molar-refractivity contribution is 0.787. The monoisotopic (exact) mass is 260 g/mol. The van der Waals surface area contributed by atoms with Gasteiger partial charge in [-0.25, -0.2) is 9.97 Å². The average Bonchev–Trinajstić information content (AvgIpc) is 2.99. The first kappa shape index (κ1) is 11.1. The van der Waals surface area contributed by atoms with Crippen molar-refractivity contribution in [1.29, 1.82) is 0 Å². The Morgan fingerprint density at radius 2 is 2.33 bits per heavy atom. The van der Waals surface area contributed by atoms with Crippen LogP contribution in [0.5, 0.6) is 0 Å². The number of thiophene rings is 1. The van der Waals surface area contributed by atoms with Crippen LogP contribution < -0.4 is 5.32 Å². The second-order valence-corrected chi connectivity index (χ2v) is 4.79. The van der Waals surface area contributed by atoms with E-state index in [1.165, 1.54) is 0 Å². The average molecular weight is 260 g/mol. The molecule has 0 saturated heterocycles. The first-order valence-corrected chi connectivity index (χ1v) is 6.47. The first-order chi connectivity index (χ1) is 8.84. The topological polar surface area (TPSA) is 68.5 Å². The van der Waals surface area contributed by atoms with Crippen LogP contribution in [0.25, 0.3) is 10.2 Å². The highest BCUT2D eigenvalue weighted by Gasteiger charge is 2.05. The molecule has 0 aliphatic heterocycles. The molecule has 0 aliphatic carbocycles. The molecule has 0 amide bonds. The lowest BCUT2D eigenvalue weighted by Gasteiger charge is -2.05. The van der Waals surface area contributed by atoms with E-state index >= 15 is 0 Å². The second kappa shape index (κ2) is 4.69. The van der Waals surface area contributed by atoms with Crippen LogP contribution in [0.4, 0.5) is 5.82 Å². The van der Waals surface area contributed by atoms with Crippen LogP contribution in [0.15, 0.2) is 24.1 Å². The summed E-state index contributed by atoms with van der Waals surface area (Å²) in [6.45, 7) is 0.772. The third-order valence-electron chi connectivity index (χ3n) is 2.71. The minimum Gasteiger partial charge on any atom is -0.369 e. The van der Waals surface area contributed by atoms with E-state index in [4.69, 9.17) is 0 Å². The molecule has 0 bridgehead atoms. The number of nitrogens with one attached hydrogen (secondary N) is 1. The van der Waals surface area contributed by atoms with Crippen molar-refractivity contribution in [2.24, 2.45) is 7.05 Å².